The topological polar surface area (TPSA) is 72.1 Å². The average Bonchev–Trinajstić information content (AvgIpc) is 3.27. The summed E-state index contributed by atoms with van der Waals surface area (Å²) in [4.78, 5) is 0. The number of aliphatic hydroxyl groups is 2. The van der Waals surface area contributed by atoms with Gasteiger partial charge in [-0.15, -0.1) is 0 Å². The van der Waals surface area contributed by atoms with Gasteiger partial charge in [-0.1, -0.05) is 48.5 Å². The van der Waals surface area contributed by atoms with E-state index in [0.717, 1.165) is 34.5 Å². The lowest BCUT2D eigenvalue weighted by molar-refractivity contribution is -0.113. The Bertz CT molecular complexity index is 1210. The molecule has 0 bridgehead atoms. The van der Waals surface area contributed by atoms with Crippen LogP contribution in [0.15, 0.2) is 77.2 Å². The van der Waals surface area contributed by atoms with Crippen molar-refractivity contribution in [3.63, 3.8) is 0 Å². The number of ether oxygens (including phenoxy) is 2. The number of hydrogen-bond donors (Lipinski definition) is 2. The van der Waals surface area contributed by atoms with Gasteiger partial charge in [0.25, 0.3) is 0 Å². The molecule has 5 rings (SSSR count). The average molecular weight is 459 g/mol. The summed E-state index contributed by atoms with van der Waals surface area (Å²) >= 11 is 0. The van der Waals surface area contributed by atoms with Crippen LogP contribution in [0.25, 0.3) is 11.0 Å². The van der Waals surface area contributed by atoms with Crippen molar-refractivity contribution in [1.82, 2.24) is 0 Å². The zero-order chi connectivity index (χ0) is 23.5. The number of rotatable bonds is 7. The minimum absolute atomic E-state index is 0.0724. The van der Waals surface area contributed by atoms with Crippen LogP contribution in [-0.2, 0) is 17.8 Å². The molecule has 2 N–H and O–H groups in total. The van der Waals surface area contributed by atoms with E-state index in [2.05, 4.69) is 37.3 Å². The SMILES string of the molecule is Cc1ccc([C@H]2C[C@@H](O)C[C@@H](CO)O2)cc1Cc1ccc(OCc2cc3ccccc3o2)cc1. The van der Waals surface area contributed by atoms with Crippen LogP contribution < -0.4 is 4.74 Å². The molecule has 0 amide bonds. The molecule has 3 aromatic carbocycles. The van der Waals surface area contributed by atoms with Crippen molar-refractivity contribution in [3.8, 4) is 5.75 Å². The van der Waals surface area contributed by atoms with Crippen LogP contribution in [0.2, 0.25) is 0 Å². The number of fused-ring (bicyclic) bond motifs is 1. The van der Waals surface area contributed by atoms with Crippen molar-refractivity contribution in [2.75, 3.05) is 6.61 Å². The molecule has 0 radical (unpaired) electrons. The molecule has 1 saturated heterocycles. The quantitative estimate of drug-likeness (QED) is 0.383. The normalized spacial score (nSPS) is 20.5. The molecule has 5 nitrogen and oxygen atoms in total. The molecule has 2 heterocycles. The van der Waals surface area contributed by atoms with E-state index in [1.807, 2.05) is 42.5 Å². The highest BCUT2D eigenvalue weighted by molar-refractivity contribution is 5.77. The summed E-state index contributed by atoms with van der Waals surface area (Å²) in [6.45, 7) is 2.42. The van der Waals surface area contributed by atoms with E-state index < -0.39 is 6.10 Å². The van der Waals surface area contributed by atoms with Gasteiger partial charge in [-0.05, 0) is 59.9 Å². The fraction of sp³-hybridized carbons (Fsp3) is 0.310. The second-order valence-corrected chi connectivity index (χ2v) is 9.10. The molecule has 34 heavy (non-hydrogen) atoms. The lowest BCUT2D eigenvalue weighted by Crippen LogP contribution is -2.33. The third kappa shape index (κ3) is 5.17. The predicted molar refractivity (Wildman–Crippen MR) is 131 cm³/mol. The second kappa shape index (κ2) is 10.0. The van der Waals surface area contributed by atoms with Gasteiger partial charge in [-0.2, -0.15) is 0 Å². The molecule has 1 aromatic heterocycles. The Morgan fingerprint density at radius 2 is 1.79 bits per heavy atom. The molecule has 0 aliphatic carbocycles. The number of hydrogen-bond acceptors (Lipinski definition) is 5. The first-order valence-corrected chi connectivity index (χ1v) is 11.8. The fourth-order valence-electron chi connectivity index (χ4n) is 4.59. The summed E-state index contributed by atoms with van der Waals surface area (Å²) in [5, 5.41) is 20.7. The number of para-hydroxylation sites is 1. The number of aryl methyl sites for hydroxylation is 1. The Labute approximate surface area is 199 Å². The first-order valence-electron chi connectivity index (χ1n) is 11.8. The highest BCUT2D eigenvalue weighted by atomic mass is 16.5. The van der Waals surface area contributed by atoms with Gasteiger partial charge < -0.3 is 24.1 Å². The van der Waals surface area contributed by atoms with Crippen LogP contribution in [0.4, 0.5) is 0 Å². The maximum atomic E-state index is 10.2. The minimum atomic E-state index is -0.451. The smallest absolute Gasteiger partial charge is 0.146 e. The van der Waals surface area contributed by atoms with Crippen LogP contribution in [0.5, 0.6) is 5.75 Å². The molecule has 1 fully saturated rings. The molecular weight excluding hydrogens is 428 g/mol. The van der Waals surface area contributed by atoms with Crippen LogP contribution in [0, 0.1) is 6.92 Å². The molecule has 0 unspecified atom stereocenters. The van der Waals surface area contributed by atoms with E-state index >= 15 is 0 Å². The molecular formula is C29H30O5. The maximum Gasteiger partial charge on any atom is 0.146 e. The van der Waals surface area contributed by atoms with Crippen LogP contribution in [0.1, 0.15) is 47.0 Å². The van der Waals surface area contributed by atoms with E-state index in [9.17, 15) is 10.2 Å². The van der Waals surface area contributed by atoms with E-state index in [1.165, 1.54) is 16.7 Å². The molecule has 4 aromatic rings. The van der Waals surface area contributed by atoms with Gasteiger partial charge >= 0.3 is 0 Å². The van der Waals surface area contributed by atoms with Gasteiger partial charge in [0.15, 0.2) is 0 Å². The van der Waals surface area contributed by atoms with Crippen molar-refractivity contribution in [2.45, 2.75) is 51.1 Å². The van der Waals surface area contributed by atoms with Crippen molar-refractivity contribution in [2.24, 2.45) is 0 Å². The Hall–Kier alpha value is -3.12. The highest BCUT2D eigenvalue weighted by Gasteiger charge is 2.29. The summed E-state index contributed by atoms with van der Waals surface area (Å²) in [5.41, 5.74) is 5.54. The lowest BCUT2D eigenvalue weighted by Gasteiger charge is -2.32. The number of benzene rings is 3. The van der Waals surface area contributed by atoms with E-state index in [1.54, 1.807) is 0 Å². The molecule has 176 valence electrons. The predicted octanol–water partition coefficient (Wildman–Crippen LogP) is 5.48. The highest BCUT2D eigenvalue weighted by Crippen LogP contribution is 2.33. The summed E-state index contributed by atoms with van der Waals surface area (Å²) < 4.78 is 17.7. The van der Waals surface area contributed by atoms with Crippen LogP contribution >= 0.6 is 0 Å². The molecule has 0 spiro atoms. The van der Waals surface area contributed by atoms with Gasteiger partial charge in [0.2, 0.25) is 0 Å². The molecule has 5 heteroatoms. The van der Waals surface area contributed by atoms with Crippen LogP contribution in [-0.4, -0.2) is 29.0 Å². The Morgan fingerprint density at radius 3 is 2.59 bits per heavy atom. The largest absolute Gasteiger partial charge is 0.486 e. The molecule has 1 aliphatic heterocycles. The summed E-state index contributed by atoms with van der Waals surface area (Å²) in [6, 6.07) is 24.4. The van der Waals surface area contributed by atoms with Gasteiger partial charge in [0.05, 0.1) is 24.9 Å². The van der Waals surface area contributed by atoms with Crippen LogP contribution in [0.3, 0.4) is 0 Å². The lowest BCUT2D eigenvalue weighted by atomic mass is 9.92. The van der Waals surface area contributed by atoms with Crippen molar-refractivity contribution >= 4 is 11.0 Å². The maximum absolute atomic E-state index is 10.2. The van der Waals surface area contributed by atoms with Gasteiger partial charge in [-0.3, -0.25) is 0 Å². The van der Waals surface area contributed by atoms with E-state index in [0.29, 0.717) is 19.4 Å². The molecule has 1 aliphatic rings. The Balaban J connectivity index is 1.24. The first kappa shape index (κ1) is 22.7. The standard InChI is InChI=1S/C29H30O5/c1-19-6-9-22(29-16-24(31)15-26(17-30)33-29)13-23(19)12-20-7-10-25(11-8-20)32-18-27-14-21-4-2-3-5-28(21)34-27/h2-11,13-14,24,26,29-31H,12,15-18H2,1H3/t24-,26-,29+/m0/s1. The summed E-state index contributed by atoms with van der Waals surface area (Å²) in [6.07, 6.45) is 0.863. The Morgan fingerprint density at radius 1 is 0.971 bits per heavy atom. The second-order valence-electron chi connectivity index (χ2n) is 9.10. The number of aliphatic hydroxyl groups excluding tert-OH is 2. The van der Waals surface area contributed by atoms with Gasteiger partial charge in [-0.25, -0.2) is 0 Å². The van der Waals surface area contributed by atoms with Gasteiger partial charge in [0.1, 0.15) is 23.7 Å². The van der Waals surface area contributed by atoms with Crippen molar-refractivity contribution in [1.29, 1.82) is 0 Å². The zero-order valence-electron chi connectivity index (χ0n) is 19.3. The molecule has 3 atom stereocenters. The van der Waals surface area contributed by atoms with Crippen molar-refractivity contribution < 1.29 is 24.1 Å². The van der Waals surface area contributed by atoms with Gasteiger partial charge in [0, 0.05) is 18.2 Å². The van der Waals surface area contributed by atoms with E-state index in [4.69, 9.17) is 13.9 Å². The van der Waals surface area contributed by atoms with Crippen molar-refractivity contribution in [3.05, 3.63) is 101 Å². The zero-order valence-corrected chi connectivity index (χ0v) is 19.3. The fourth-order valence-corrected chi connectivity index (χ4v) is 4.59. The monoisotopic (exact) mass is 458 g/mol. The first-order chi connectivity index (χ1) is 16.6. The Kier molecular flexibility index (Phi) is 6.68. The number of furan rings is 1. The minimum Gasteiger partial charge on any atom is -0.486 e. The molecule has 0 saturated carbocycles. The third-order valence-corrected chi connectivity index (χ3v) is 6.50. The third-order valence-electron chi connectivity index (χ3n) is 6.50. The summed E-state index contributed by atoms with van der Waals surface area (Å²) in [5.74, 6) is 1.60. The summed E-state index contributed by atoms with van der Waals surface area (Å²) in [7, 11) is 0. The van der Waals surface area contributed by atoms with E-state index in [-0.39, 0.29) is 18.8 Å².